The number of hydrogen-bond acceptors (Lipinski definition) is 7. The monoisotopic (exact) mass is 438 g/mol. The summed E-state index contributed by atoms with van der Waals surface area (Å²) in [6, 6.07) is 9.20. The molecule has 32 heavy (non-hydrogen) atoms. The lowest BCUT2D eigenvalue weighted by atomic mass is 10.0. The first-order valence-electron chi connectivity index (χ1n) is 10.9. The number of nitrogen functional groups attached to an aromatic ring is 1. The lowest BCUT2D eigenvalue weighted by molar-refractivity contribution is -0.385. The summed E-state index contributed by atoms with van der Waals surface area (Å²) in [6.45, 7) is 4.98. The molecule has 3 aromatic rings. The van der Waals surface area contributed by atoms with E-state index in [-0.39, 0.29) is 11.4 Å². The summed E-state index contributed by atoms with van der Waals surface area (Å²) < 4.78 is 7.45. The largest absolute Gasteiger partial charge is 0.487 e. The van der Waals surface area contributed by atoms with Crippen LogP contribution in [0.5, 0.6) is 5.75 Å². The second-order valence-electron chi connectivity index (χ2n) is 8.42. The molecule has 1 aromatic carbocycles. The fourth-order valence-corrected chi connectivity index (χ4v) is 4.38. The van der Waals surface area contributed by atoms with E-state index in [0.717, 1.165) is 43.0 Å². The van der Waals surface area contributed by atoms with Crippen LogP contribution in [-0.2, 0) is 6.54 Å². The summed E-state index contributed by atoms with van der Waals surface area (Å²) >= 11 is 0. The number of hydrogen-bond donors (Lipinski definition) is 1. The zero-order chi connectivity index (χ0) is 22.8. The Labute approximate surface area is 187 Å². The van der Waals surface area contributed by atoms with E-state index in [1.807, 2.05) is 28.8 Å². The Morgan fingerprint density at radius 2 is 2.03 bits per heavy atom. The van der Waals surface area contributed by atoms with Crippen LogP contribution in [0.1, 0.15) is 25.5 Å². The maximum Gasteiger partial charge on any atom is 0.311 e. The SMILES string of the molecule is CCOc1ccc(-c2nc3ccc(N)cn3c2CN(C)C2CCN(C)CC2)cc1[N+](=O)[O-]. The number of nitro benzene ring substituents is 1. The van der Waals surface area contributed by atoms with Crippen molar-refractivity contribution in [2.45, 2.75) is 32.4 Å². The first kappa shape index (κ1) is 22.0. The highest BCUT2D eigenvalue weighted by atomic mass is 16.6. The molecule has 0 atom stereocenters. The number of aromatic nitrogens is 2. The van der Waals surface area contributed by atoms with Gasteiger partial charge >= 0.3 is 5.69 Å². The standard InChI is InChI=1S/C23H30N6O3/c1-4-32-21-7-5-16(13-19(21)29(30)31)23-20(28-14-17(24)6-8-22(28)25-23)15-27(3)18-9-11-26(2)12-10-18/h5-8,13-14,18H,4,9-12,15,24H2,1-3H3. The number of likely N-dealkylation sites (tertiary alicyclic amines) is 1. The Morgan fingerprint density at radius 1 is 1.28 bits per heavy atom. The average molecular weight is 439 g/mol. The molecule has 0 spiro atoms. The Morgan fingerprint density at radius 3 is 2.72 bits per heavy atom. The van der Waals surface area contributed by atoms with Gasteiger partial charge in [0.2, 0.25) is 0 Å². The molecule has 0 aliphatic carbocycles. The van der Waals surface area contributed by atoms with Crippen molar-refractivity contribution in [2.24, 2.45) is 0 Å². The third-order valence-electron chi connectivity index (χ3n) is 6.18. The molecule has 2 aromatic heterocycles. The summed E-state index contributed by atoms with van der Waals surface area (Å²) in [5.41, 5.74) is 9.79. The van der Waals surface area contributed by atoms with E-state index in [9.17, 15) is 10.1 Å². The van der Waals surface area contributed by atoms with Crippen molar-refractivity contribution in [3.05, 3.63) is 52.3 Å². The number of piperidine rings is 1. The van der Waals surface area contributed by atoms with Crippen LogP contribution >= 0.6 is 0 Å². The molecule has 0 amide bonds. The number of ether oxygens (including phenoxy) is 1. The molecule has 0 bridgehead atoms. The highest BCUT2D eigenvalue weighted by Gasteiger charge is 2.25. The molecule has 0 radical (unpaired) electrons. The molecular weight excluding hydrogens is 408 g/mol. The number of fused-ring (bicyclic) bond motifs is 1. The molecule has 9 heteroatoms. The molecule has 0 unspecified atom stereocenters. The van der Waals surface area contributed by atoms with Gasteiger partial charge in [0, 0.05) is 36.1 Å². The van der Waals surface area contributed by atoms with Crippen molar-refractivity contribution >= 4 is 17.0 Å². The number of nitro groups is 1. The van der Waals surface area contributed by atoms with Crippen molar-refractivity contribution < 1.29 is 9.66 Å². The molecule has 1 aliphatic rings. The molecule has 3 heterocycles. The van der Waals surface area contributed by atoms with E-state index in [4.69, 9.17) is 15.5 Å². The smallest absolute Gasteiger partial charge is 0.311 e. The van der Waals surface area contributed by atoms with E-state index in [1.165, 1.54) is 0 Å². The summed E-state index contributed by atoms with van der Waals surface area (Å²) in [6.07, 6.45) is 4.08. The van der Waals surface area contributed by atoms with Gasteiger partial charge in [-0.3, -0.25) is 15.0 Å². The number of rotatable bonds is 7. The lowest BCUT2D eigenvalue weighted by Gasteiger charge is -2.35. The van der Waals surface area contributed by atoms with Gasteiger partial charge in [-0.2, -0.15) is 0 Å². The Kier molecular flexibility index (Phi) is 6.29. The minimum absolute atomic E-state index is 0.0597. The third kappa shape index (κ3) is 4.39. The van der Waals surface area contributed by atoms with Crippen LogP contribution in [0.2, 0.25) is 0 Å². The van der Waals surface area contributed by atoms with Crippen LogP contribution in [0.4, 0.5) is 11.4 Å². The number of benzene rings is 1. The van der Waals surface area contributed by atoms with Crippen molar-refractivity contribution in [3.8, 4) is 17.0 Å². The minimum atomic E-state index is -0.410. The zero-order valence-electron chi connectivity index (χ0n) is 18.8. The van der Waals surface area contributed by atoms with Crippen molar-refractivity contribution in [2.75, 3.05) is 39.5 Å². The summed E-state index contributed by atoms with van der Waals surface area (Å²) in [4.78, 5) is 20.8. The maximum atomic E-state index is 11.7. The van der Waals surface area contributed by atoms with Gasteiger partial charge in [0.05, 0.1) is 22.9 Å². The number of nitrogens with zero attached hydrogens (tertiary/aromatic N) is 5. The molecule has 1 fully saturated rings. The molecule has 4 rings (SSSR count). The fraction of sp³-hybridized carbons (Fsp3) is 0.435. The van der Waals surface area contributed by atoms with E-state index < -0.39 is 4.92 Å². The number of nitrogens with two attached hydrogens (primary N) is 1. The normalized spacial score (nSPS) is 15.5. The fourth-order valence-electron chi connectivity index (χ4n) is 4.38. The Hall–Kier alpha value is -3.17. The van der Waals surface area contributed by atoms with Gasteiger partial charge in [0.25, 0.3) is 0 Å². The highest BCUT2D eigenvalue weighted by molar-refractivity contribution is 5.71. The van der Waals surface area contributed by atoms with E-state index >= 15 is 0 Å². The van der Waals surface area contributed by atoms with E-state index in [2.05, 4.69) is 23.9 Å². The Bertz CT molecular complexity index is 1120. The van der Waals surface area contributed by atoms with Crippen LogP contribution < -0.4 is 10.5 Å². The predicted octanol–water partition coefficient (Wildman–Crippen LogP) is 3.42. The number of anilines is 1. The van der Waals surface area contributed by atoms with E-state index in [1.54, 1.807) is 19.1 Å². The van der Waals surface area contributed by atoms with Crippen molar-refractivity contribution in [3.63, 3.8) is 0 Å². The van der Waals surface area contributed by atoms with Crippen LogP contribution in [-0.4, -0.2) is 63.9 Å². The predicted molar refractivity (Wildman–Crippen MR) is 125 cm³/mol. The van der Waals surface area contributed by atoms with Gasteiger partial charge in [-0.05, 0) is 71.2 Å². The van der Waals surface area contributed by atoms with Crippen LogP contribution in [0.3, 0.4) is 0 Å². The summed E-state index contributed by atoms with van der Waals surface area (Å²) in [7, 11) is 4.28. The minimum Gasteiger partial charge on any atom is -0.487 e. The molecular formula is C23H30N6O3. The number of imidazole rings is 1. The topological polar surface area (TPSA) is 102 Å². The molecule has 170 valence electrons. The van der Waals surface area contributed by atoms with Gasteiger partial charge in [0.15, 0.2) is 5.75 Å². The van der Waals surface area contributed by atoms with Crippen LogP contribution in [0, 0.1) is 10.1 Å². The van der Waals surface area contributed by atoms with Crippen LogP contribution in [0.25, 0.3) is 16.9 Å². The second kappa shape index (κ2) is 9.13. The van der Waals surface area contributed by atoms with Gasteiger partial charge < -0.3 is 19.8 Å². The molecule has 1 aliphatic heterocycles. The van der Waals surface area contributed by atoms with Gasteiger partial charge in [-0.1, -0.05) is 0 Å². The first-order valence-corrected chi connectivity index (χ1v) is 10.9. The van der Waals surface area contributed by atoms with Gasteiger partial charge in [-0.15, -0.1) is 0 Å². The average Bonchev–Trinajstić information content (AvgIpc) is 3.12. The van der Waals surface area contributed by atoms with E-state index in [0.29, 0.717) is 30.4 Å². The van der Waals surface area contributed by atoms with Crippen molar-refractivity contribution in [1.82, 2.24) is 19.2 Å². The summed E-state index contributed by atoms with van der Waals surface area (Å²) in [5.74, 6) is 0.263. The quantitative estimate of drug-likeness (QED) is 0.445. The molecule has 1 saturated heterocycles. The van der Waals surface area contributed by atoms with Gasteiger partial charge in [0.1, 0.15) is 5.65 Å². The summed E-state index contributed by atoms with van der Waals surface area (Å²) in [5, 5.41) is 11.7. The highest BCUT2D eigenvalue weighted by Crippen LogP contribution is 2.34. The molecule has 2 N–H and O–H groups in total. The van der Waals surface area contributed by atoms with Crippen molar-refractivity contribution in [1.29, 1.82) is 0 Å². The molecule has 0 saturated carbocycles. The third-order valence-corrected chi connectivity index (χ3v) is 6.18. The first-order chi connectivity index (χ1) is 15.4. The number of pyridine rings is 1. The Balaban J connectivity index is 1.76. The lowest BCUT2D eigenvalue weighted by Crippen LogP contribution is -2.41. The second-order valence-corrected chi connectivity index (χ2v) is 8.42. The van der Waals surface area contributed by atoms with Gasteiger partial charge in [-0.25, -0.2) is 4.98 Å². The van der Waals surface area contributed by atoms with Crippen LogP contribution in [0.15, 0.2) is 36.5 Å². The zero-order valence-corrected chi connectivity index (χ0v) is 18.8. The maximum absolute atomic E-state index is 11.7. The molecule has 9 nitrogen and oxygen atoms in total.